The zero-order valence-corrected chi connectivity index (χ0v) is 15.1. The largest absolute Gasteiger partial charge is 0.324 e. The summed E-state index contributed by atoms with van der Waals surface area (Å²) in [6, 6.07) is 3.62. The number of anilines is 1. The van der Waals surface area contributed by atoms with Crippen LogP contribution in [0.25, 0.3) is 0 Å². The summed E-state index contributed by atoms with van der Waals surface area (Å²) in [6.07, 6.45) is 3.33. The van der Waals surface area contributed by atoms with Gasteiger partial charge in [-0.25, -0.2) is 4.79 Å². The van der Waals surface area contributed by atoms with Crippen LogP contribution in [-0.2, 0) is 0 Å². The van der Waals surface area contributed by atoms with Crippen LogP contribution in [0.3, 0.4) is 0 Å². The molecular formula is C18H26N4O3. The fraction of sp³-hybridized carbons (Fsp3) is 0.611. The van der Waals surface area contributed by atoms with Gasteiger partial charge >= 0.3 is 6.03 Å². The normalized spacial score (nSPS) is 23.9. The summed E-state index contributed by atoms with van der Waals surface area (Å²) in [4.78, 5) is 27.7. The first-order valence-electron chi connectivity index (χ1n) is 8.88. The van der Waals surface area contributed by atoms with Crippen molar-refractivity contribution in [3.05, 3.63) is 33.4 Å². The monoisotopic (exact) mass is 346 g/mol. The van der Waals surface area contributed by atoms with Gasteiger partial charge in [0.25, 0.3) is 5.69 Å². The molecule has 2 aliphatic rings. The molecule has 25 heavy (non-hydrogen) atoms. The maximum atomic E-state index is 12.7. The number of likely N-dealkylation sites (tertiary alicyclic amines) is 2. The Balaban J connectivity index is 1.71. The molecule has 0 aromatic heterocycles. The average molecular weight is 346 g/mol. The van der Waals surface area contributed by atoms with Gasteiger partial charge in [0.1, 0.15) is 0 Å². The fourth-order valence-electron chi connectivity index (χ4n) is 4.20. The highest BCUT2D eigenvalue weighted by molar-refractivity contribution is 5.90. The highest BCUT2D eigenvalue weighted by Gasteiger charge is 2.35. The molecule has 136 valence electrons. The Kier molecular flexibility index (Phi) is 4.94. The number of nitro benzene ring substituents is 1. The number of rotatable bonds is 2. The number of nitrogens with one attached hydrogen (secondary N) is 1. The van der Waals surface area contributed by atoms with Crippen LogP contribution in [-0.4, -0.2) is 53.5 Å². The maximum absolute atomic E-state index is 12.7. The molecule has 0 bridgehead atoms. The molecule has 7 nitrogen and oxygen atoms in total. The zero-order valence-electron chi connectivity index (χ0n) is 15.1. The highest BCUT2D eigenvalue weighted by atomic mass is 16.6. The van der Waals surface area contributed by atoms with Gasteiger partial charge in [-0.05, 0) is 64.3 Å². The number of amides is 2. The molecule has 1 aromatic rings. The van der Waals surface area contributed by atoms with Crippen molar-refractivity contribution in [1.29, 1.82) is 0 Å². The van der Waals surface area contributed by atoms with E-state index >= 15 is 0 Å². The number of benzene rings is 1. The van der Waals surface area contributed by atoms with Gasteiger partial charge in [0, 0.05) is 30.8 Å². The van der Waals surface area contributed by atoms with Crippen LogP contribution in [0.1, 0.15) is 30.4 Å². The molecule has 0 radical (unpaired) electrons. The maximum Gasteiger partial charge on any atom is 0.321 e. The molecule has 1 aromatic carbocycles. The number of nitrogens with zero attached hydrogens (tertiary/aromatic N) is 3. The van der Waals surface area contributed by atoms with Crippen LogP contribution in [0.4, 0.5) is 16.2 Å². The van der Waals surface area contributed by atoms with Crippen LogP contribution >= 0.6 is 0 Å². The number of fused-ring (bicyclic) bond motifs is 1. The molecule has 2 aliphatic heterocycles. The third kappa shape index (κ3) is 3.61. The van der Waals surface area contributed by atoms with E-state index in [2.05, 4.69) is 17.3 Å². The topological polar surface area (TPSA) is 78.7 Å². The summed E-state index contributed by atoms with van der Waals surface area (Å²) >= 11 is 0. The number of hydrogen-bond donors (Lipinski definition) is 1. The predicted octanol–water partition coefficient (Wildman–Crippen LogP) is 3.16. The van der Waals surface area contributed by atoms with Crippen molar-refractivity contribution in [1.82, 2.24) is 9.80 Å². The lowest BCUT2D eigenvalue weighted by molar-refractivity contribution is -0.385. The molecule has 0 spiro atoms. The van der Waals surface area contributed by atoms with E-state index < -0.39 is 4.92 Å². The number of carbonyl (C=O) groups excluding carboxylic acids is 1. The van der Waals surface area contributed by atoms with Gasteiger partial charge in [0.05, 0.1) is 10.6 Å². The number of aryl methyl sites for hydroxylation is 2. The second kappa shape index (κ2) is 7.00. The second-order valence-corrected chi connectivity index (χ2v) is 7.33. The summed E-state index contributed by atoms with van der Waals surface area (Å²) in [6.45, 7) is 6.19. The van der Waals surface area contributed by atoms with Crippen molar-refractivity contribution in [2.24, 2.45) is 5.92 Å². The van der Waals surface area contributed by atoms with E-state index in [0.29, 0.717) is 23.2 Å². The third-order valence-corrected chi connectivity index (χ3v) is 5.61. The first kappa shape index (κ1) is 17.7. The lowest BCUT2D eigenvalue weighted by atomic mass is 9.84. The Bertz CT molecular complexity index is 691. The number of piperidine rings is 2. The molecule has 3 rings (SSSR count). The minimum Gasteiger partial charge on any atom is -0.324 e. The van der Waals surface area contributed by atoms with Crippen molar-refractivity contribution in [2.45, 2.75) is 39.2 Å². The molecule has 0 unspecified atom stereocenters. The first-order valence-corrected chi connectivity index (χ1v) is 8.88. The molecule has 0 saturated carbocycles. The number of urea groups is 1. The first-order chi connectivity index (χ1) is 11.9. The number of hydrogen-bond acceptors (Lipinski definition) is 4. The van der Waals surface area contributed by atoms with Crippen molar-refractivity contribution in [2.75, 3.05) is 32.0 Å². The minimum atomic E-state index is -0.409. The number of carbonyl (C=O) groups is 1. The van der Waals surface area contributed by atoms with E-state index in [-0.39, 0.29) is 11.7 Å². The average Bonchev–Trinajstić information content (AvgIpc) is 2.56. The molecular weight excluding hydrogens is 320 g/mol. The summed E-state index contributed by atoms with van der Waals surface area (Å²) in [7, 11) is 2.17. The van der Waals surface area contributed by atoms with Crippen LogP contribution in [0.15, 0.2) is 12.1 Å². The summed E-state index contributed by atoms with van der Waals surface area (Å²) in [5.74, 6) is 0.520. The lowest BCUT2D eigenvalue weighted by Crippen LogP contribution is -2.54. The lowest BCUT2D eigenvalue weighted by Gasteiger charge is -2.45. The van der Waals surface area contributed by atoms with Gasteiger partial charge < -0.3 is 15.1 Å². The summed E-state index contributed by atoms with van der Waals surface area (Å²) in [5, 5.41) is 14.0. The number of nitro groups is 1. The van der Waals surface area contributed by atoms with Gasteiger partial charge in [0.15, 0.2) is 0 Å². The van der Waals surface area contributed by atoms with Crippen LogP contribution in [0, 0.1) is 29.9 Å². The van der Waals surface area contributed by atoms with Crippen molar-refractivity contribution < 1.29 is 9.72 Å². The SMILES string of the molecule is Cc1cc(C)c([N+](=O)[O-])cc1NC(=O)N1CC[C@H]2[C@@H](CCCN2C)C1. The standard InChI is InChI=1S/C18H26N4O3/c1-12-9-13(2)17(22(24)25)10-15(12)19-18(23)21-8-6-16-14(11-21)5-4-7-20(16)3/h9-10,14,16H,4-8,11H2,1-3H3,(H,19,23)/t14-,16-/m0/s1. The minimum absolute atomic E-state index is 0.0357. The quantitative estimate of drug-likeness (QED) is 0.659. The van der Waals surface area contributed by atoms with Crippen LogP contribution < -0.4 is 5.32 Å². The van der Waals surface area contributed by atoms with Crippen LogP contribution in [0.2, 0.25) is 0 Å². The Morgan fingerprint density at radius 3 is 2.72 bits per heavy atom. The van der Waals surface area contributed by atoms with E-state index in [0.717, 1.165) is 38.0 Å². The van der Waals surface area contributed by atoms with Gasteiger partial charge in [-0.3, -0.25) is 10.1 Å². The Hall–Kier alpha value is -2.15. The van der Waals surface area contributed by atoms with E-state index in [4.69, 9.17) is 0 Å². The summed E-state index contributed by atoms with van der Waals surface area (Å²) in [5.41, 5.74) is 1.99. The predicted molar refractivity (Wildman–Crippen MR) is 96.9 cm³/mol. The summed E-state index contributed by atoms with van der Waals surface area (Å²) < 4.78 is 0. The van der Waals surface area contributed by atoms with Gasteiger partial charge in [-0.1, -0.05) is 0 Å². The van der Waals surface area contributed by atoms with Crippen LogP contribution in [0.5, 0.6) is 0 Å². The van der Waals surface area contributed by atoms with Gasteiger partial charge in [-0.15, -0.1) is 0 Å². The second-order valence-electron chi connectivity index (χ2n) is 7.33. The third-order valence-electron chi connectivity index (χ3n) is 5.61. The smallest absolute Gasteiger partial charge is 0.321 e. The van der Waals surface area contributed by atoms with E-state index in [1.54, 1.807) is 13.0 Å². The zero-order chi connectivity index (χ0) is 18.1. The Morgan fingerprint density at radius 2 is 2.00 bits per heavy atom. The Morgan fingerprint density at radius 1 is 1.24 bits per heavy atom. The molecule has 2 saturated heterocycles. The van der Waals surface area contributed by atoms with E-state index in [1.165, 1.54) is 12.5 Å². The highest BCUT2D eigenvalue weighted by Crippen LogP contribution is 2.31. The van der Waals surface area contributed by atoms with E-state index in [9.17, 15) is 14.9 Å². The van der Waals surface area contributed by atoms with Crippen molar-refractivity contribution in [3.63, 3.8) is 0 Å². The molecule has 2 atom stereocenters. The molecule has 2 heterocycles. The van der Waals surface area contributed by atoms with Crippen molar-refractivity contribution >= 4 is 17.4 Å². The molecule has 7 heteroatoms. The molecule has 0 aliphatic carbocycles. The van der Waals surface area contributed by atoms with Crippen molar-refractivity contribution in [3.8, 4) is 0 Å². The van der Waals surface area contributed by atoms with Gasteiger partial charge in [0.2, 0.25) is 0 Å². The molecule has 2 fully saturated rings. The fourth-order valence-corrected chi connectivity index (χ4v) is 4.20. The Labute approximate surface area is 148 Å². The molecule has 2 amide bonds. The van der Waals surface area contributed by atoms with Gasteiger partial charge in [-0.2, -0.15) is 0 Å². The van der Waals surface area contributed by atoms with E-state index in [1.807, 2.05) is 11.8 Å². The molecule has 1 N–H and O–H groups in total.